The molecule has 0 radical (unpaired) electrons. The van der Waals surface area contributed by atoms with E-state index in [1.165, 1.54) is 12.1 Å². The zero-order chi connectivity index (χ0) is 22.2. The molecule has 0 aliphatic carbocycles. The Balaban J connectivity index is 1.57. The molecule has 31 heavy (non-hydrogen) atoms. The third-order valence-electron chi connectivity index (χ3n) is 4.58. The number of rotatable bonds is 9. The zero-order valence-corrected chi connectivity index (χ0v) is 19.0. The second-order valence-electron chi connectivity index (χ2n) is 7.03. The Morgan fingerprint density at radius 3 is 2.39 bits per heavy atom. The standard InChI is InChI=1S/C24H24BrFN2O3/c1-16-3-9-20(10-4-16)28-24(29)15-31-23-12-21(25)18(11-22(23)30-2)14-27-13-17-5-7-19(26)8-6-17/h3-12,27H,13-15H2,1-2H3,(H,28,29). The highest BCUT2D eigenvalue weighted by Crippen LogP contribution is 2.33. The summed E-state index contributed by atoms with van der Waals surface area (Å²) >= 11 is 3.55. The predicted octanol–water partition coefficient (Wildman–Crippen LogP) is 5.21. The Morgan fingerprint density at radius 2 is 1.71 bits per heavy atom. The van der Waals surface area contributed by atoms with Gasteiger partial charge in [0.1, 0.15) is 5.82 Å². The lowest BCUT2D eigenvalue weighted by molar-refractivity contribution is -0.118. The molecule has 0 bridgehead atoms. The SMILES string of the molecule is COc1cc(CNCc2ccc(F)cc2)c(Br)cc1OCC(=O)Nc1ccc(C)cc1. The van der Waals surface area contributed by atoms with Crippen molar-refractivity contribution in [3.05, 3.63) is 87.6 Å². The van der Waals surface area contributed by atoms with Crippen molar-refractivity contribution in [2.45, 2.75) is 20.0 Å². The molecular weight excluding hydrogens is 463 g/mol. The number of halogens is 2. The van der Waals surface area contributed by atoms with Gasteiger partial charge in [0.05, 0.1) is 7.11 Å². The van der Waals surface area contributed by atoms with E-state index in [0.717, 1.165) is 26.9 Å². The van der Waals surface area contributed by atoms with Gasteiger partial charge in [-0.15, -0.1) is 0 Å². The van der Waals surface area contributed by atoms with Crippen LogP contribution in [0, 0.1) is 12.7 Å². The van der Waals surface area contributed by atoms with E-state index >= 15 is 0 Å². The Hall–Kier alpha value is -2.90. The Bertz CT molecular complexity index is 1020. The molecule has 0 spiro atoms. The van der Waals surface area contributed by atoms with E-state index < -0.39 is 0 Å². The summed E-state index contributed by atoms with van der Waals surface area (Å²) in [7, 11) is 1.55. The van der Waals surface area contributed by atoms with E-state index in [-0.39, 0.29) is 18.3 Å². The van der Waals surface area contributed by atoms with E-state index in [9.17, 15) is 9.18 Å². The maximum Gasteiger partial charge on any atom is 0.262 e. The highest BCUT2D eigenvalue weighted by molar-refractivity contribution is 9.10. The van der Waals surface area contributed by atoms with Crippen LogP contribution in [0.25, 0.3) is 0 Å². The molecule has 0 aliphatic rings. The number of methoxy groups -OCH3 is 1. The third-order valence-corrected chi connectivity index (χ3v) is 5.32. The molecule has 0 saturated heterocycles. The highest BCUT2D eigenvalue weighted by atomic mass is 79.9. The van der Waals surface area contributed by atoms with Crippen molar-refractivity contribution < 1.29 is 18.7 Å². The quantitative estimate of drug-likeness (QED) is 0.435. The molecular formula is C24H24BrFN2O3. The molecule has 0 atom stereocenters. The van der Waals surface area contributed by atoms with Crippen molar-refractivity contribution in [1.82, 2.24) is 5.32 Å². The van der Waals surface area contributed by atoms with Crippen LogP contribution < -0.4 is 20.1 Å². The van der Waals surface area contributed by atoms with Crippen molar-refractivity contribution in [3.63, 3.8) is 0 Å². The van der Waals surface area contributed by atoms with Gasteiger partial charge in [-0.25, -0.2) is 4.39 Å². The van der Waals surface area contributed by atoms with Gasteiger partial charge in [-0.05, 0) is 54.4 Å². The zero-order valence-electron chi connectivity index (χ0n) is 17.4. The lowest BCUT2D eigenvalue weighted by atomic mass is 10.2. The predicted molar refractivity (Wildman–Crippen MR) is 123 cm³/mol. The maximum atomic E-state index is 13.0. The fourth-order valence-corrected chi connectivity index (χ4v) is 3.37. The molecule has 3 aromatic carbocycles. The second-order valence-corrected chi connectivity index (χ2v) is 7.88. The average molecular weight is 487 g/mol. The average Bonchev–Trinajstić information content (AvgIpc) is 2.76. The van der Waals surface area contributed by atoms with Crippen LogP contribution in [-0.4, -0.2) is 19.6 Å². The monoisotopic (exact) mass is 486 g/mol. The largest absolute Gasteiger partial charge is 0.493 e. The van der Waals surface area contributed by atoms with Gasteiger partial charge in [-0.3, -0.25) is 4.79 Å². The van der Waals surface area contributed by atoms with Gasteiger partial charge in [-0.1, -0.05) is 45.8 Å². The van der Waals surface area contributed by atoms with Crippen molar-refractivity contribution >= 4 is 27.5 Å². The van der Waals surface area contributed by atoms with Crippen LogP contribution in [0.1, 0.15) is 16.7 Å². The maximum absolute atomic E-state index is 13.0. The minimum Gasteiger partial charge on any atom is -0.493 e. The number of carbonyl (C=O) groups is 1. The first-order valence-corrected chi connectivity index (χ1v) is 10.5. The normalized spacial score (nSPS) is 10.6. The number of amides is 1. The summed E-state index contributed by atoms with van der Waals surface area (Å²) < 4.78 is 25.0. The van der Waals surface area contributed by atoms with Crippen LogP contribution in [0.3, 0.4) is 0 Å². The van der Waals surface area contributed by atoms with E-state index in [1.54, 1.807) is 25.3 Å². The topological polar surface area (TPSA) is 59.6 Å². The molecule has 1 amide bonds. The molecule has 0 saturated carbocycles. The summed E-state index contributed by atoms with van der Waals surface area (Å²) in [5.74, 6) is 0.493. The molecule has 5 nitrogen and oxygen atoms in total. The first-order valence-electron chi connectivity index (χ1n) is 9.75. The molecule has 162 valence electrons. The lowest BCUT2D eigenvalue weighted by Crippen LogP contribution is -2.20. The first kappa shape index (κ1) is 22.8. The van der Waals surface area contributed by atoms with E-state index in [1.807, 2.05) is 37.3 Å². The minimum absolute atomic E-state index is 0.140. The Labute approximate surface area is 189 Å². The Morgan fingerprint density at radius 1 is 1.00 bits per heavy atom. The number of aryl methyl sites for hydroxylation is 1. The van der Waals surface area contributed by atoms with Crippen LogP contribution in [0.4, 0.5) is 10.1 Å². The summed E-state index contributed by atoms with van der Waals surface area (Å²) in [5, 5.41) is 6.12. The number of ether oxygens (including phenoxy) is 2. The van der Waals surface area contributed by atoms with Crippen LogP contribution in [0.2, 0.25) is 0 Å². The van der Waals surface area contributed by atoms with E-state index in [2.05, 4.69) is 26.6 Å². The fraction of sp³-hybridized carbons (Fsp3) is 0.208. The van der Waals surface area contributed by atoms with Crippen molar-refractivity contribution in [2.24, 2.45) is 0 Å². The minimum atomic E-state index is -0.257. The van der Waals surface area contributed by atoms with Gasteiger partial charge in [0.25, 0.3) is 5.91 Å². The molecule has 3 aromatic rings. The molecule has 0 aliphatic heterocycles. The van der Waals surface area contributed by atoms with Gasteiger partial charge >= 0.3 is 0 Å². The fourth-order valence-electron chi connectivity index (χ4n) is 2.91. The van der Waals surface area contributed by atoms with Crippen molar-refractivity contribution in [1.29, 1.82) is 0 Å². The molecule has 0 heterocycles. The van der Waals surface area contributed by atoms with Crippen molar-refractivity contribution in [3.8, 4) is 11.5 Å². The van der Waals surface area contributed by atoms with Gasteiger partial charge < -0.3 is 20.1 Å². The summed E-state index contributed by atoms with van der Waals surface area (Å²) in [4.78, 5) is 12.2. The number of benzene rings is 3. The Kier molecular flexibility index (Phi) is 8.03. The van der Waals surface area contributed by atoms with Crippen LogP contribution >= 0.6 is 15.9 Å². The summed E-state index contributed by atoms with van der Waals surface area (Å²) in [6.45, 7) is 3.02. The van der Waals surface area contributed by atoms with Gasteiger partial charge in [0.2, 0.25) is 0 Å². The first-order chi connectivity index (χ1) is 14.9. The number of anilines is 1. The second kappa shape index (κ2) is 10.9. The van der Waals surface area contributed by atoms with E-state index in [0.29, 0.717) is 24.6 Å². The van der Waals surface area contributed by atoms with Gasteiger partial charge in [0, 0.05) is 23.2 Å². The summed E-state index contributed by atoms with van der Waals surface area (Å²) in [6, 6.07) is 17.6. The molecule has 3 rings (SSSR count). The number of carbonyl (C=O) groups excluding carboxylic acids is 1. The summed E-state index contributed by atoms with van der Waals surface area (Å²) in [5.41, 5.74) is 3.80. The van der Waals surface area contributed by atoms with Crippen molar-refractivity contribution in [2.75, 3.05) is 19.0 Å². The molecule has 7 heteroatoms. The lowest BCUT2D eigenvalue weighted by Gasteiger charge is -2.14. The number of nitrogens with one attached hydrogen (secondary N) is 2. The van der Waals surface area contributed by atoms with Gasteiger partial charge in [-0.2, -0.15) is 0 Å². The molecule has 0 aromatic heterocycles. The van der Waals surface area contributed by atoms with Crippen LogP contribution in [-0.2, 0) is 17.9 Å². The number of hydrogen-bond donors (Lipinski definition) is 2. The van der Waals surface area contributed by atoms with E-state index in [4.69, 9.17) is 9.47 Å². The van der Waals surface area contributed by atoms with Crippen LogP contribution in [0.5, 0.6) is 11.5 Å². The molecule has 2 N–H and O–H groups in total. The number of hydrogen-bond acceptors (Lipinski definition) is 4. The molecule has 0 fully saturated rings. The summed E-state index contributed by atoms with van der Waals surface area (Å²) in [6.07, 6.45) is 0. The smallest absolute Gasteiger partial charge is 0.262 e. The highest BCUT2D eigenvalue weighted by Gasteiger charge is 2.12. The van der Waals surface area contributed by atoms with Gasteiger partial charge in [0.15, 0.2) is 18.1 Å². The molecule has 0 unspecified atom stereocenters. The van der Waals surface area contributed by atoms with Crippen LogP contribution in [0.15, 0.2) is 65.1 Å². The third kappa shape index (κ3) is 6.80.